The van der Waals surface area contributed by atoms with E-state index in [1.165, 1.54) is 6.07 Å². The molecular weight excluding hydrogens is 340 g/mol. The van der Waals surface area contributed by atoms with E-state index in [4.69, 9.17) is 10.8 Å². The summed E-state index contributed by atoms with van der Waals surface area (Å²) >= 11 is 0. The van der Waals surface area contributed by atoms with Crippen molar-refractivity contribution in [2.24, 2.45) is 0 Å². The number of benzene rings is 1. The van der Waals surface area contributed by atoms with Crippen LogP contribution in [0.5, 0.6) is 0 Å². The molecule has 26 heavy (non-hydrogen) atoms. The molecule has 142 valence electrons. The maximum atomic E-state index is 12.9. The Balaban J connectivity index is 2.16. The van der Waals surface area contributed by atoms with Gasteiger partial charge in [-0.2, -0.15) is 0 Å². The van der Waals surface area contributed by atoms with E-state index in [1.54, 1.807) is 29.8 Å². The zero-order valence-corrected chi connectivity index (χ0v) is 15.0. The number of rotatable bonds is 5. The molecule has 0 aliphatic carbocycles. The highest BCUT2D eigenvalue weighted by Gasteiger charge is 2.27. The van der Waals surface area contributed by atoms with Crippen molar-refractivity contribution < 1.29 is 19.6 Å². The number of hydrogen-bond acceptors (Lipinski definition) is 6. The molecule has 1 amide bonds. The Morgan fingerprint density at radius 2 is 2.08 bits per heavy atom. The lowest BCUT2D eigenvalue weighted by atomic mass is 10.1. The largest absolute Gasteiger partial charge is 0.480 e. The molecule has 0 aromatic heterocycles. The van der Waals surface area contributed by atoms with E-state index < -0.39 is 10.9 Å². The van der Waals surface area contributed by atoms with Gasteiger partial charge < -0.3 is 15.7 Å². The SMILES string of the molecule is Cc1cc(C(=O)N2CCCC(N(C)CC(=O)O)CC2)c(N)c([N+](=O)[O-])c1. The molecule has 0 radical (unpaired) electrons. The van der Waals surface area contributed by atoms with E-state index in [2.05, 4.69) is 0 Å². The van der Waals surface area contributed by atoms with E-state index in [0.717, 1.165) is 12.8 Å². The number of likely N-dealkylation sites (N-methyl/N-ethyl adjacent to an activating group) is 1. The van der Waals surface area contributed by atoms with Crippen LogP contribution in [0.4, 0.5) is 11.4 Å². The molecular formula is C17H24N4O5. The Bertz CT molecular complexity index is 721. The second-order valence-electron chi connectivity index (χ2n) is 6.69. The lowest BCUT2D eigenvalue weighted by molar-refractivity contribution is -0.384. The van der Waals surface area contributed by atoms with Crippen LogP contribution in [0.1, 0.15) is 35.2 Å². The fourth-order valence-electron chi connectivity index (χ4n) is 3.34. The summed E-state index contributed by atoms with van der Waals surface area (Å²) in [5.41, 5.74) is 6.24. The van der Waals surface area contributed by atoms with E-state index in [1.807, 2.05) is 0 Å². The Morgan fingerprint density at radius 3 is 2.69 bits per heavy atom. The highest BCUT2D eigenvalue weighted by atomic mass is 16.6. The fraction of sp³-hybridized carbons (Fsp3) is 0.529. The van der Waals surface area contributed by atoms with Crippen molar-refractivity contribution in [2.45, 2.75) is 32.2 Å². The number of aryl methyl sites for hydroxylation is 1. The third kappa shape index (κ3) is 4.48. The van der Waals surface area contributed by atoms with Gasteiger partial charge in [0.15, 0.2) is 0 Å². The summed E-state index contributed by atoms with van der Waals surface area (Å²) < 4.78 is 0. The number of carbonyl (C=O) groups is 2. The summed E-state index contributed by atoms with van der Waals surface area (Å²) in [6.07, 6.45) is 2.16. The molecule has 9 heteroatoms. The Hall–Kier alpha value is -2.68. The maximum Gasteiger partial charge on any atom is 0.317 e. The highest BCUT2D eigenvalue weighted by molar-refractivity contribution is 6.01. The molecule has 2 rings (SSSR count). The van der Waals surface area contributed by atoms with Crippen molar-refractivity contribution in [1.82, 2.24) is 9.80 Å². The highest BCUT2D eigenvalue weighted by Crippen LogP contribution is 2.29. The summed E-state index contributed by atoms with van der Waals surface area (Å²) in [5.74, 6) is -1.21. The molecule has 0 saturated carbocycles. The molecule has 0 spiro atoms. The van der Waals surface area contributed by atoms with Crippen LogP contribution in [0.2, 0.25) is 0 Å². The molecule has 1 unspecified atom stereocenters. The number of nitro benzene ring substituents is 1. The molecule has 1 aromatic rings. The summed E-state index contributed by atoms with van der Waals surface area (Å²) in [6.45, 7) is 2.60. The van der Waals surface area contributed by atoms with Gasteiger partial charge in [-0.15, -0.1) is 0 Å². The van der Waals surface area contributed by atoms with Crippen LogP contribution in [0.3, 0.4) is 0 Å². The van der Waals surface area contributed by atoms with Crippen molar-refractivity contribution in [3.63, 3.8) is 0 Å². The molecule has 1 aliphatic rings. The minimum atomic E-state index is -0.885. The molecule has 0 bridgehead atoms. The zero-order chi connectivity index (χ0) is 19.4. The molecule has 1 fully saturated rings. The number of amides is 1. The zero-order valence-electron chi connectivity index (χ0n) is 15.0. The fourth-order valence-corrected chi connectivity index (χ4v) is 3.34. The van der Waals surface area contributed by atoms with Gasteiger partial charge in [0.1, 0.15) is 5.69 Å². The van der Waals surface area contributed by atoms with E-state index in [-0.39, 0.29) is 35.4 Å². The van der Waals surface area contributed by atoms with Crippen molar-refractivity contribution in [2.75, 3.05) is 32.4 Å². The Morgan fingerprint density at radius 1 is 1.38 bits per heavy atom. The number of likely N-dealkylation sites (tertiary alicyclic amines) is 1. The number of hydrogen-bond donors (Lipinski definition) is 2. The quantitative estimate of drug-likeness (QED) is 0.460. The van der Waals surface area contributed by atoms with Gasteiger partial charge in [-0.3, -0.25) is 24.6 Å². The molecule has 9 nitrogen and oxygen atoms in total. The van der Waals surface area contributed by atoms with Gasteiger partial charge in [0.2, 0.25) is 0 Å². The van der Waals surface area contributed by atoms with Gasteiger partial charge >= 0.3 is 5.97 Å². The van der Waals surface area contributed by atoms with Crippen LogP contribution in [0.25, 0.3) is 0 Å². The smallest absolute Gasteiger partial charge is 0.317 e. The summed E-state index contributed by atoms with van der Waals surface area (Å²) in [7, 11) is 1.76. The lowest BCUT2D eigenvalue weighted by Crippen LogP contribution is -2.37. The number of carboxylic acids is 1. The predicted octanol–water partition coefficient (Wildman–Crippen LogP) is 1.50. The summed E-state index contributed by atoms with van der Waals surface area (Å²) in [6, 6.07) is 3.00. The minimum Gasteiger partial charge on any atom is -0.480 e. The molecule has 1 atom stereocenters. The van der Waals surface area contributed by atoms with Crippen LogP contribution < -0.4 is 5.73 Å². The number of aliphatic carboxylic acids is 1. The van der Waals surface area contributed by atoms with Crippen LogP contribution in [0, 0.1) is 17.0 Å². The van der Waals surface area contributed by atoms with Gasteiger partial charge in [-0.05, 0) is 44.9 Å². The predicted molar refractivity (Wildman–Crippen MR) is 96.1 cm³/mol. The van der Waals surface area contributed by atoms with Gasteiger partial charge in [-0.1, -0.05) is 0 Å². The standard InChI is InChI=1S/C17H24N4O5/c1-11-8-13(16(18)14(9-11)21(25)26)17(24)20-6-3-4-12(5-7-20)19(2)10-15(22)23/h8-9,12H,3-7,10,18H2,1-2H3,(H,22,23). The van der Waals surface area contributed by atoms with Gasteiger partial charge in [0.25, 0.3) is 11.6 Å². The van der Waals surface area contributed by atoms with Gasteiger partial charge in [0, 0.05) is 25.2 Å². The number of nitrogens with two attached hydrogens (primary N) is 1. The van der Waals surface area contributed by atoms with Crippen LogP contribution in [-0.2, 0) is 4.79 Å². The summed E-state index contributed by atoms with van der Waals surface area (Å²) in [4.78, 5) is 37.7. The van der Waals surface area contributed by atoms with Crippen LogP contribution >= 0.6 is 0 Å². The van der Waals surface area contributed by atoms with Crippen molar-refractivity contribution >= 4 is 23.3 Å². The monoisotopic (exact) mass is 364 g/mol. The van der Waals surface area contributed by atoms with E-state index in [0.29, 0.717) is 25.1 Å². The van der Waals surface area contributed by atoms with Gasteiger partial charge in [-0.25, -0.2) is 0 Å². The van der Waals surface area contributed by atoms with E-state index in [9.17, 15) is 19.7 Å². The minimum absolute atomic E-state index is 0.0460. The number of nitrogens with zero attached hydrogens (tertiary/aromatic N) is 3. The molecule has 1 saturated heterocycles. The number of carboxylic acid groups (broad SMARTS) is 1. The first kappa shape index (κ1) is 19.6. The van der Waals surface area contributed by atoms with E-state index >= 15 is 0 Å². The van der Waals surface area contributed by atoms with Crippen LogP contribution in [-0.4, -0.2) is 64.4 Å². The average Bonchev–Trinajstić information content (AvgIpc) is 2.81. The Kier molecular flexibility index (Phi) is 6.14. The molecule has 3 N–H and O–H groups in total. The maximum absolute atomic E-state index is 12.9. The average molecular weight is 364 g/mol. The topological polar surface area (TPSA) is 130 Å². The number of carbonyl (C=O) groups excluding carboxylic acids is 1. The van der Waals surface area contributed by atoms with Crippen molar-refractivity contribution in [3.8, 4) is 0 Å². The first-order chi connectivity index (χ1) is 12.2. The number of nitrogen functional groups attached to an aromatic ring is 1. The van der Waals surface area contributed by atoms with Crippen LogP contribution in [0.15, 0.2) is 12.1 Å². The first-order valence-electron chi connectivity index (χ1n) is 8.46. The third-order valence-corrected chi connectivity index (χ3v) is 4.72. The third-order valence-electron chi connectivity index (χ3n) is 4.72. The second kappa shape index (κ2) is 8.13. The summed E-state index contributed by atoms with van der Waals surface area (Å²) in [5, 5.41) is 20.1. The molecule has 1 heterocycles. The Labute approximate surface area is 151 Å². The molecule has 1 aliphatic heterocycles. The molecule has 1 aromatic carbocycles. The second-order valence-corrected chi connectivity index (χ2v) is 6.69. The normalized spacial score (nSPS) is 17.8. The lowest BCUT2D eigenvalue weighted by Gasteiger charge is -2.25. The van der Waals surface area contributed by atoms with Crippen molar-refractivity contribution in [3.05, 3.63) is 33.4 Å². The number of anilines is 1. The first-order valence-corrected chi connectivity index (χ1v) is 8.46. The number of nitro groups is 1. The van der Waals surface area contributed by atoms with Gasteiger partial charge in [0.05, 0.1) is 17.0 Å². The van der Waals surface area contributed by atoms with Crippen molar-refractivity contribution in [1.29, 1.82) is 0 Å².